The largest absolute Gasteiger partial charge is 0.372 e. The number of benzene rings is 2. The van der Waals surface area contributed by atoms with Gasteiger partial charge in [-0.3, -0.25) is 14.4 Å². The molecule has 2 fully saturated rings. The van der Waals surface area contributed by atoms with Crippen LogP contribution in [0.3, 0.4) is 0 Å². The molecule has 2 saturated heterocycles. The lowest BCUT2D eigenvalue weighted by molar-refractivity contribution is -0.140. The van der Waals surface area contributed by atoms with Gasteiger partial charge in [0.2, 0.25) is 27.7 Å². The zero-order valence-corrected chi connectivity index (χ0v) is 26.9. The Morgan fingerprint density at radius 1 is 1.09 bits per heavy atom. The number of primary amides is 1. The number of nitrogens with one attached hydrogen (secondary N) is 3. The third-order valence-corrected chi connectivity index (χ3v) is 9.21. The number of halogens is 2. The van der Waals surface area contributed by atoms with Crippen LogP contribution in [0.25, 0.3) is 0 Å². The maximum absolute atomic E-state index is 14.0. The van der Waals surface area contributed by atoms with Gasteiger partial charge in [-0.15, -0.1) is 0 Å². The number of sulfonamides is 1. The first-order chi connectivity index (χ1) is 20.9. The fraction of sp³-hybridized carbons (Fsp3) is 0.500. The molecule has 0 bridgehead atoms. The van der Waals surface area contributed by atoms with E-state index in [9.17, 15) is 22.8 Å². The van der Waals surface area contributed by atoms with E-state index in [1.54, 1.807) is 18.2 Å². The molecule has 44 heavy (non-hydrogen) atoms. The molecule has 2 aromatic carbocycles. The summed E-state index contributed by atoms with van der Waals surface area (Å²) in [5.74, 6) is -1.24. The van der Waals surface area contributed by atoms with Crippen LogP contribution in [0.15, 0.2) is 42.5 Å². The average Bonchev–Trinajstić information content (AvgIpc) is 3.41. The van der Waals surface area contributed by atoms with E-state index in [1.807, 2.05) is 12.1 Å². The van der Waals surface area contributed by atoms with E-state index < -0.39 is 45.9 Å². The van der Waals surface area contributed by atoms with Gasteiger partial charge in [0.05, 0.1) is 19.0 Å². The van der Waals surface area contributed by atoms with Crippen LogP contribution in [0, 0.1) is 5.92 Å². The SMILES string of the molecule is CS(=O)(=O)N[C@H](CCC1CCNCC1)C(=O)N1C[C@H](OCc2ccc(Cl)cc2)C[C@H]1C(=O)NCc1cc(Cl)ccc1C(N)=O. The number of hydrogen-bond acceptors (Lipinski definition) is 7. The van der Waals surface area contributed by atoms with Crippen molar-refractivity contribution in [3.8, 4) is 0 Å². The molecule has 2 aromatic rings. The molecule has 2 aliphatic heterocycles. The van der Waals surface area contributed by atoms with Crippen LogP contribution in [0.5, 0.6) is 0 Å². The number of likely N-dealkylation sites (tertiary alicyclic amines) is 1. The van der Waals surface area contributed by atoms with Crippen LogP contribution in [0.2, 0.25) is 10.0 Å². The Kier molecular flexibility index (Phi) is 12.0. The Labute approximate surface area is 268 Å². The van der Waals surface area contributed by atoms with Crippen molar-refractivity contribution < 1.29 is 27.5 Å². The van der Waals surface area contributed by atoms with Gasteiger partial charge in [0, 0.05) is 35.1 Å². The smallest absolute Gasteiger partial charge is 0.249 e. The summed E-state index contributed by atoms with van der Waals surface area (Å²) in [6, 6.07) is 9.77. The van der Waals surface area contributed by atoms with E-state index in [4.69, 9.17) is 33.7 Å². The van der Waals surface area contributed by atoms with Crippen molar-refractivity contribution in [1.29, 1.82) is 0 Å². The first kappa shape index (κ1) is 34.1. The van der Waals surface area contributed by atoms with Gasteiger partial charge in [-0.1, -0.05) is 35.3 Å². The monoisotopic (exact) mass is 667 g/mol. The second-order valence-electron chi connectivity index (χ2n) is 11.4. The molecule has 4 rings (SSSR count). The summed E-state index contributed by atoms with van der Waals surface area (Å²) in [4.78, 5) is 40.9. The number of piperidine rings is 1. The minimum absolute atomic E-state index is 0.0484. The average molecular weight is 669 g/mol. The third kappa shape index (κ3) is 9.88. The first-order valence-corrected chi connectivity index (χ1v) is 17.2. The van der Waals surface area contributed by atoms with Crippen molar-refractivity contribution in [2.45, 2.75) is 63.4 Å². The Hall–Kier alpha value is -2.74. The van der Waals surface area contributed by atoms with Gasteiger partial charge in [0.15, 0.2) is 0 Å². The standard InChI is InChI=1S/C30H39Cl2N5O6S/c1-44(41,42)36-26(9-4-19-10-12-34-13-11-19)30(40)37-17-24(43-18-20-2-5-22(31)6-3-20)15-27(37)29(39)35-16-21-14-23(32)7-8-25(21)28(33)38/h2-3,5-8,14,19,24,26-27,34,36H,4,9-13,15-18H2,1H3,(H2,33,38)(H,35,39)/t24-,26-,27+/m1/s1. The minimum atomic E-state index is -3.72. The van der Waals surface area contributed by atoms with E-state index in [0.717, 1.165) is 37.8 Å². The summed E-state index contributed by atoms with van der Waals surface area (Å²) in [7, 11) is -3.72. The van der Waals surface area contributed by atoms with Crippen molar-refractivity contribution in [2.75, 3.05) is 25.9 Å². The van der Waals surface area contributed by atoms with E-state index in [-0.39, 0.29) is 31.7 Å². The molecular weight excluding hydrogens is 629 g/mol. The predicted octanol–water partition coefficient (Wildman–Crippen LogP) is 2.59. The Bertz CT molecular complexity index is 1440. The molecular formula is C30H39Cl2N5O6S. The lowest BCUT2D eigenvalue weighted by Crippen LogP contribution is -2.53. The normalized spacial score (nSPS) is 19.9. The van der Waals surface area contributed by atoms with Gasteiger partial charge in [-0.05, 0) is 86.1 Å². The fourth-order valence-electron chi connectivity index (χ4n) is 5.72. The highest BCUT2D eigenvalue weighted by Crippen LogP contribution is 2.26. The van der Waals surface area contributed by atoms with Gasteiger partial charge in [-0.2, -0.15) is 0 Å². The van der Waals surface area contributed by atoms with E-state index >= 15 is 0 Å². The molecule has 3 amide bonds. The van der Waals surface area contributed by atoms with E-state index in [1.165, 1.54) is 17.0 Å². The van der Waals surface area contributed by atoms with Crippen LogP contribution in [-0.2, 0) is 37.5 Å². The summed E-state index contributed by atoms with van der Waals surface area (Å²) in [6.07, 6.45) is 3.61. The number of nitrogens with zero attached hydrogens (tertiary/aromatic N) is 1. The Morgan fingerprint density at radius 2 is 1.77 bits per heavy atom. The molecule has 11 nitrogen and oxygen atoms in total. The summed E-state index contributed by atoms with van der Waals surface area (Å²) < 4.78 is 33.2. The maximum atomic E-state index is 14.0. The topological polar surface area (TPSA) is 160 Å². The summed E-state index contributed by atoms with van der Waals surface area (Å²) in [6.45, 7) is 2.06. The molecule has 0 aliphatic carbocycles. The molecule has 14 heteroatoms. The second-order valence-corrected chi connectivity index (χ2v) is 14.1. The van der Waals surface area contributed by atoms with E-state index in [0.29, 0.717) is 34.4 Å². The molecule has 2 aliphatic rings. The van der Waals surface area contributed by atoms with Crippen LogP contribution in [-0.4, -0.2) is 75.1 Å². The second kappa shape index (κ2) is 15.5. The van der Waals surface area contributed by atoms with Crippen molar-refractivity contribution in [3.05, 3.63) is 69.2 Å². The molecule has 0 saturated carbocycles. The van der Waals surface area contributed by atoms with E-state index in [2.05, 4.69) is 15.4 Å². The highest BCUT2D eigenvalue weighted by Gasteiger charge is 2.42. The Morgan fingerprint density at radius 3 is 2.43 bits per heavy atom. The van der Waals surface area contributed by atoms with Crippen LogP contribution in [0.4, 0.5) is 0 Å². The van der Waals surface area contributed by atoms with Crippen molar-refractivity contribution in [1.82, 2.24) is 20.3 Å². The third-order valence-electron chi connectivity index (χ3n) is 8.01. The molecule has 0 unspecified atom stereocenters. The number of carbonyl (C=O) groups excluding carboxylic acids is 3. The number of hydrogen-bond donors (Lipinski definition) is 4. The van der Waals surface area contributed by atoms with Gasteiger partial charge in [-0.25, -0.2) is 13.1 Å². The van der Waals surface area contributed by atoms with Gasteiger partial charge >= 0.3 is 0 Å². The molecule has 0 spiro atoms. The van der Waals surface area contributed by atoms with Crippen LogP contribution < -0.4 is 21.1 Å². The van der Waals surface area contributed by atoms with Crippen molar-refractivity contribution in [2.24, 2.45) is 11.7 Å². The number of ether oxygens (including phenoxy) is 1. The number of rotatable bonds is 13. The minimum Gasteiger partial charge on any atom is -0.372 e. The molecule has 5 N–H and O–H groups in total. The van der Waals surface area contributed by atoms with Gasteiger partial charge < -0.3 is 26.0 Å². The van der Waals surface area contributed by atoms with Crippen LogP contribution >= 0.6 is 23.2 Å². The predicted molar refractivity (Wildman–Crippen MR) is 169 cm³/mol. The highest BCUT2D eigenvalue weighted by atomic mass is 35.5. The summed E-state index contributed by atoms with van der Waals surface area (Å²) >= 11 is 12.1. The maximum Gasteiger partial charge on any atom is 0.249 e. The number of carbonyl (C=O) groups is 3. The summed E-state index contributed by atoms with van der Waals surface area (Å²) in [5, 5.41) is 7.08. The van der Waals surface area contributed by atoms with Gasteiger partial charge in [0.1, 0.15) is 12.1 Å². The van der Waals surface area contributed by atoms with Gasteiger partial charge in [0.25, 0.3) is 0 Å². The molecule has 2 heterocycles. The lowest BCUT2D eigenvalue weighted by atomic mass is 9.91. The zero-order valence-electron chi connectivity index (χ0n) is 24.6. The van der Waals surface area contributed by atoms with Crippen molar-refractivity contribution in [3.63, 3.8) is 0 Å². The molecule has 0 radical (unpaired) electrons. The Balaban J connectivity index is 1.52. The molecule has 3 atom stereocenters. The fourth-order valence-corrected chi connectivity index (χ4v) is 6.77. The number of nitrogens with two attached hydrogens (primary N) is 1. The first-order valence-electron chi connectivity index (χ1n) is 14.6. The highest BCUT2D eigenvalue weighted by molar-refractivity contribution is 7.88. The number of amides is 3. The lowest BCUT2D eigenvalue weighted by Gasteiger charge is -2.30. The van der Waals surface area contributed by atoms with Crippen LogP contribution in [0.1, 0.15) is 53.6 Å². The quantitative estimate of drug-likeness (QED) is 0.255. The van der Waals surface area contributed by atoms with Crippen molar-refractivity contribution >= 4 is 50.9 Å². The molecule has 0 aromatic heterocycles. The summed E-state index contributed by atoms with van der Waals surface area (Å²) in [5.41, 5.74) is 7.02. The zero-order chi connectivity index (χ0) is 31.9. The molecule has 240 valence electrons.